The van der Waals surface area contributed by atoms with Gasteiger partial charge < -0.3 is 24.6 Å². The fraction of sp³-hybridized carbons (Fsp3) is 0.323. The molecule has 0 spiro atoms. The Labute approximate surface area is 251 Å². The number of hydrogen-bond donors (Lipinski definition) is 2. The van der Waals surface area contributed by atoms with Crippen molar-refractivity contribution >= 4 is 52.1 Å². The Morgan fingerprint density at radius 3 is 1.93 bits per heavy atom. The van der Waals surface area contributed by atoms with E-state index < -0.39 is 0 Å². The summed E-state index contributed by atoms with van der Waals surface area (Å²) < 4.78 is 11.2. The minimum Gasteiger partial charge on any atom is -0.494 e. The van der Waals surface area contributed by atoms with Gasteiger partial charge in [0.15, 0.2) is 5.11 Å². The van der Waals surface area contributed by atoms with Crippen LogP contribution in [-0.4, -0.2) is 61.2 Å². The van der Waals surface area contributed by atoms with Crippen LogP contribution in [0, 0.1) is 0 Å². The van der Waals surface area contributed by atoms with Crippen molar-refractivity contribution in [3.05, 3.63) is 82.9 Å². The lowest BCUT2D eigenvalue weighted by molar-refractivity contribution is 0.0746. The van der Waals surface area contributed by atoms with E-state index in [0.717, 1.165) is 30.0 Å². The maximum Gasteiger partial charge on any atom is 0.257 e. The SMILES string of the molecule is CCCOc1ccc(C(=O)NC(=S)Nc2ccc(N3CCN(C(=O)c4ccc(OCCC)cc4)CC3)c(Cl)c2)cc1. The molecule has 10 heteroatoms. The van der Waals surface area contributed by atoms with Crippen molar-refractivity contribution in [1.82, 2.24) is 10.2 Å². The third kappa shape index (κ3) is 8.34. The first-order valence-corrected chi connectivity index (χ1v) is 14.6. The molecule has 2 amide bonds. The maximum absolute atomic E-state index is 13.0. The Bertz CT molecular complexity index is 1340. The van der Waals surface area contributed by atoms with E-state index in [1.54, 1.807) is 30.3 Å². The van der Waals surface area contributed by atoms with Gasteiger partial charge in [0.25, 0.3) is 11.8 Å². The Kier molecular flexibility index (Phi) is 10.8. The van der Waals surface area contributed by atoms with E-state index in [9.17, 15) is 9.59 Å². The lowest BCUT2D eigenvalue weighted by atomic mass is 10.1. The number of piperazine rings is 1. The number of hydrogen-bond acceptors (Lipinski definition) is 6. The fourth-order valence-corrected chi connectivity index (χ4v) is 4.86. The van der Waals surface area contributed by atoms with Crippen LogP contribution in [0.2, 0.25) is 5.02 Å². The van der Waals surface area contributed by atoms with Crippen molar-refractivity contribution in [1.29, 1.82) is 0 Å². The number of rotatable bonds is 10. The summed E-state index contributed by atoms with van der Waals surface area (Å²) in [4.78, 5) is 29.6. The van der Waals surface area contributed by atoms with E-state index in [1.807, 2.05) is 48.2 Å². The van der Waals surface area contributed by atoms with Gasteiger partial charge in [-0.3, -0.25) is 14.9 Å². The molecule has 0 radical (unpaired) electrons. The van der Waals surface area contributed by atoms with E-state index >= 15 is 0 Å². The van der Waals surface area contributed by atoms with Crippen LogP contribution in [-0.2, 0) is 0 Å². The van der Waals surface area contributed by atoms with Crippen LogP contribution in [0.5, 0.6) is 11.5 Å². The zero-order valence-electron chi connectivity index (χ0n) is 23.3. The number of amides is 2. The predicted molar refractivity (Wildman–Crippen MR) is 168 cm³/mol. The molecule has 2 N–H and O–H groups in total. The first-order valence-electron chi connectivity index (χ1n) is 13.8. The van der Waals surface area contributed by atoms with Crippen LogP contribution < -0.4 is 25.0 Å². The monoisotopic (exact) mass is 594 g/mol. The van der Waals surface area contributed by atoms with Crippen molar-refractivity contribution in [3.8, 4) is 11.5 Å². The number of carbonyl (C=O) groups is 2. The second-order valence-corrected chi connectivity index (χ2v) is 10.4. The van der Waals surface area contributed by atoms with E-state index in [1.165, 1.54) is 0 Å². The van der Waals surface area contributed by atoms with Gasteiger partial charge in [-0.2, -0.15) is 0 Å². The number of ether oxygens (including phenoxy) is 2. The van der Waals surface area contributed by atoms with Gasteiger partial charge >= 0.3 is 0 Å². The minimum absolute atomic E-state index is 0.00802. The normalized spacial score (nSPS) is 13.0. The summed E-state index contributed by atoms with van der Waals surface area (Å²) in [6, 6.07) is 19.8. The quantitative estimate of drug-likeness (QED) is 0.278. The lowest BCUT2D eigenvalue weighted by Gasteiger charge is -2.36. The summed E-state index contributed by atoms with van der Waals surface area (Å²) in [6.07, 6.45) is 1.85. The summed E-state index contributed by atoms with van der Waals surface area (Å²) in [5, 5.41) is 6.43. The van der Waals surface area contributed by atoms with Gasteiger partial charge in [0, 0.05) is 43.0 Å². The average Bonchev–Trinajstić information content (AvgIpc) is 2.99. The number of thiocarbonyl (C=S) groups is 1. The molecular weight excluding hydrogens is 560 g/mol. The van der Waals surface area contributed by atoms with Crippen LogP contribution >= 0.6 is 23.8 Å². The highest BCUT2D eigenvalue weighted by molar-refractivity contribution is 7.80. The molecule has 1 saturated heterocycles. The van der Waals surface area contributed by atoms with Crippen LogP contribution in [0.3, 0.4) is 0 Å². The zero-order chi connectivity index (χ0) is 29.2. The number of halogens is 1. The molecule has 0 atom stereocenters. The fourth-order valence-electron chi connectivity index (χ4n) is 4.35. The van der Waals surface area contributed by atoms with E-state index in [-0.39, 0.29) is 16.9 Å². The van der Waals surface area contributed by atoms with Gasteiger partial charge in [0.1, 0.15) is 11.5 Å². The molecule has 1 heterocycles. The first-order chi connectivity index (χ1) is 19.9. The van der Waals surface area contributed by atoms with Gasteiger partial charge in [-0.1, -0.05) is 25.4 Å². The van der Waals surface area contributed by atoms with Crippen molar-refractivity contribution in [2.75, 3.05) is 49.6 Å². The molecular formula is C31H35ClN4O4S. The lowest BCUT2D eigenvalue weighted by Crippen LogP contribution is -2.48. The van der Waals surface area contributed by atoms with Gasteiger partial charge in [-0.05, 0) is 91.8 Å². The van der Waals surface area contributed by atoms with Gasteiger partial charge in [0.2, 0.25) is 0 Å². The molecule has 8 nitrogen and oxygen atoms in total. The molecule has 3 aromatic rings. The summed E-state index contributed by atoms with van der Waals surface area (Å²) >= 11 is 12.0. The van der Waals surface area contributed by atoms with Crippen LogP contribution in [0.1, 0.15) is 47.4 Å². The predicted octanol–water partition coefficient (Wildman–Crippen LogP) is 6.01. The van der Waals surface area contributed by atoms with Crippen molar-refractivity contribution in [2.45, 2.75) is 26.7 Å². The smallest absolute Gasteiger partial charge is 0.257 e. The van der Waals surface area contributed by atoms with E-state index in [2.05, 4.69) is 22.5 Å². The second kappa shape index (κ2) is 14.7. The van der Waals surface area contributed by atoms with Crippen molar-refractivity contribution < 1.29 is 19.1 Å². The number of carbonyl (C=O) groups excluding carboxylic acids is 2. The van der Waals surface area contributed by atoms with Crippen LogP contribution in [0.4, 0.5) is 11.4 Å². The summed E-state index contributed by atoms with van der Waals surface area (Å²) in [5.74, 6) is 1.18. The molecule has 0 unspecified atom stereocenters. The third-order valence-electron chi connectivity index (χ3n) is 6.50. The van der Waals surface area contributed by atoms with Gasteiger partial charge in [0.05, 0.1) is 23.9 Å². The van der Waals surface area contributed by atoms with Crippen LogP contribution in [0.15, 0.2) is 66.7 Å². The summed E-state index contributed by atoms with van der Waals surface area (Å²) in [6.45, 7) is 7.87. The Morgan fingerprint density at radius 1 is 0.829 bits per heavy atom. The highest BCUT2D eigenvalue weighted by Gasteiger charge is 2.23. The van der Waals surface area contributed by atoms with Gasteiger partial charge in [-0.25, -0.2) is 0 Å². The van der Waals surface area contributed by atoms with Crippen molar-refractivity contribution in [2.24, 2.45) is 0 Å². The first kappa shape index (κ1) is 30.1. The van der Waals surface area contributed by atoms with Crippen LogP contribution in [0.25, 0.3) is 0 Å². The number of nitrogens with one attached hydrogen (secondary N) is 2. The highest BCUT2D eigenvalue weighted by Crippen LogP contribution is 2.30. The largest absolute Gasteiger partial charge is 0.494 e. The third-order valence-corrected chi connectivity index (χ3v) is 7.01. The zero-order valence-corrected chi connectivity index (χ0v) is 24.9. The molecule has 0 saturated carbocycles. The number of benzene rings is 3. The molecule has 3 aromatic carbocycles. The molecule has 216 valence electrons. The maximum atomic E-state index is 13.0. The molecule has 0 aliphatic carbocycles. The highest BCUT2D eigenvalue weighted by atomic mass is 35.5. The molecule has 0 bridgehead atoms. The molecule has 1 fully saturated rings. The minimum atomic E-state index is -0.319. The van der Waals surface area contributed by atoms with Gasteiger partial charge in [-0.15, -0.1) is 0 Å². The standard InChI is InChI=1S/C31H35ClN4O4S/c1-3-19-39-25-10-5-22(6-11-25)29(37)34-31(41)33-24-9-14-28(27(32)21-24)35-15-17-36(18-16-35)30(38)23-7-12-26(13-8-23)40-20-4-2/h5-14,21H,3-4,15-20H2,1-2H3,(H2,33,34,37,41). The summed E-state index contributed by atoms with van der Waals surface area (Å²) in [5.41, 5.74) is 2.66. The topological polar surface area (TPSA) is 83.1 Å². The summed E-state index contributed by atoms with van der Waals surface area (Å²) in [7, 11) is 0. The van der Waals surface area contributed by atoms with E-state index in [4.69, 9.17) is 33.3 Å². The Morgan fingerprint density at radius 2 is 1.39 bits per heavy atom. The molecule has 1 aliphatic rings. The molecule has 4 rings (SSSR count). The molecule has 1 aliphatic heterocycles. The molecule has 41 heavy (non-hydrogen) atoms. The molecule has 0 aromatic heterocycles. The average molecular weight is 595 g/mol. The Hall–Kier alpha value is -3.82. The number of anilines is 2. The van der Waals surface area contributed by atoms with E-state index in [0.29, 0.717) is 61.2 Å². The number of nitrogens with zero attached hydrogens (tertiary/aromatic N) is 2. The van der Waals surface area contributed by atoms with Crippen molar-refractivity contribution in [3.63, 3.8) is 0 Å². The Balaban J connectivity index is 1.27. The second-order valence-electron chi connectivity index (χ2n) is 9.60.